The fourth-order valence-corrected chi connectivity index (χ4v) is 1.77. The van der Waals surface area contributed by atoms with Gasteiger partial charge in [0.1, 0.15) is 0 Å². The zero-order chi connectivity index (χ0) is 9.19. The second kappa shape index (κ2) is 3.44. The van der Waals surface area contributed by atoms with Crippen LogP contribution in [0.5, 0.6) is 0 Å². The molecule has 0 aromatic heterocycles. The molecule has 70 valence electrons. The SMILES string of the molecule is CCC1(C(=O)O)CCN(C)CC1. The molecular weight excluding hydrogens is 154 g/mol. The maximum absolute atomic E-state index is 11.0. The van der Waals surface area contributed by atoms with Crippen LogP contribution in [0.3, 0.4) is 0 Å². The lowest BCUT2D eigenvalue weighted by atomic mass is 9.76. The number of likely N-dealkylation sites (tertiary alicyclic amines) is 1. The number of piperidine rings is 1. The Balaban J connectivity index is 2.63. The Bertz CT molecular complexity index is 171. The second-order valence-corrected chi connectivity index (χ2v) is 3.74. The molecule has 1 fully saturated rings. The zero-order valence-corrected chi connectivity index (χ0v) is 7.84. The van der Waals surface area contributed by atoms with Gasteiger partial charge in [-0.05, 0) is 39.4 Å². The molecule has 1 saturated heterocycles. The molecule has 0 aromatic carbocycles. The van der Waals surface area contributed by atoms with E-state index in [1.54, 1.807) is 0 Å². The standard InChI is InChI=1S/C9H17NO2/c1-3-9(8(11)12)4-6-10(2)7-5-9/h3-7H2,1-2H3,(H,11,12). The first-order chi connectivity index (χ1) is 5.60. The quantitative estimate of drug-likeness (QED) is 0.678. The van der Waals surface area contributed by atoms with Gasteiger partial charge in [0.25, 0.3) is 0 Å². The predicted octanol–water partition coefficient (Wildman–Crippen LogP) is 1.19. The number of carboxylic acid groups (broad SMARTS) is 1. The van der Waals surface area contributed by atoms with Crippen molar-refractivity contribution in [3.8, 4) is 0 Å². The first kappa shape index (κ1) is 9.52. The molecule has 3 nitrogen and oxygen atoms in total. The summed E-state index contributed by atoms with van der Waals surface area (Å²) in [5.74, 6) is -0.613. The van der Waals surface area contributed by atoms with Crippen LogP contribution < -0.4 is 0 Å². The lowest BCUT2D eigenvalue weighted by Crippen LogP contribution is -2.42. The number of rotatable bonds is 2. The summed E-state index contributed by atoms with van der Waals surface area (Å²) in [7, 11) is 2.04. The smallest absolute Gasteiger partial charge is 0.309 e. The van der Waals surface area contributed by atoms with Gasteiger partial charge in [0.15, 0.2) is 0 Å². The van der Waals surface area contributed by atoms with Gasteiger partial charge in [-0.15, -0.1) is 0 Å². The minimum absolute atomic E-state index is 0.424. The van der Waals surface area contributed by atoms with Crippen molar-refractivity contribution in [2.45, 2.75) is 26.2 Å². The normalized spacial score (nSPS) is 23.8. The number of hydrogen-bond donors (Lipinski definition) is 1. The predicted molar refractivity (Wildman–Crippen MR) is 47.1 cm³/mol. The third kappa shape index (κ3) is 1.61. The molecule has 1 aliphatic heterocycles. The van der Waals surface area contributed by atoms with E-state index in [-0.39, 0.29) is 0 Å². The highest BCUT2D eigenvalue weighted by Gasteiger charge is 2.38. The van der Waals surface area contributed by atoms with E-state index in [4.69, 9.17) is 5.11 Å². The van der Waals surface area contributed by atoms with Crippen LogP contribution in [0.1, 0.15) is 26.2 Å². The highest BCUT2D eigenvalue weighted by Crippen LogP contribution is 2.34. The highest BCUT2D eigenvalue weighted by atomic mass is 16.4. The van der Waals surface area contributed by atoms with Crippen LogP contribution in [0, 0.1) is 5.41 Å². The van der Waals surface area contributed by atoms with Crippen molar-refractivity contribution in [2.75, 3.05) is 20.1 Å². The summed E-state index contributed by atoms with van der Waals surface area (Å²) >= 11 is 0. The summed E-state index contributed by atoms with van der Waals surface area (Å²) in [4.78, 5) is 13.2. The Labute approximate surface area is 73.4 Å². The Hall–Kier alpha value is -0.570. The molecule has 0 saturated carbocycles. The van der Waals surface area contributed by atoms with Crippen LogP contribution in [-0.2, 0) is 4.79 Å². The molecule has 0 spiro atoms. The third-order valence-corrected chi connectivity index (χ3v) is 3.07. The van der Waals surface area contributed by atoms with Gasteiger partial charge < -0.3 is 10.0 Å². The topological polar surface area (TPSA) is 40.5 Å². The molecule has 0 bridgehead atoms. The van der Waals surface area contributed by atoms with Crippen molar-refractivity contribution in [1.29, 1.82) is 0 Å². The summed E-state index contributed by atoms with van der Waals surface area (Å²) in [5, 5.41) is 9.06. The van der Waals surface area contributed by atoms with Crippen molar-refractivity contribution in [1.82, 2.24) is 4.90 Å². The van der Waals surface area contributed by atoms with Crippen LogP contribution in [0.2, 0.25) is 0 Å². The summed E-state index contributed by atoms with van der Waals surface area (Å²) in [5.41, 5.74) is -0.424. The molecule has 0 amide bonds. The Morgan fingerprint density at radius 1 is 1.50 bits per heavy atom. The molecule has 0 atom stereocenters. The molecular formula is C9H17NO2. The van der Waals surface area contributed by atoms with E-state index in [0.29, 0.717) is 0 Å². The lowest BCUT2D eigenvalue weighted by Gasteiger charge is -2.36. The average molecular weight is 171 g/mol. The highest BCUT2D eigenvalue weighted by molar-refractivity contribution is 5.74. The largest absolute Gasteiger partial charge is 0.481 e. The Morgan fingerprint density at radius 2 is 2.00 bits per heavy atom. The number of nitrogens with zero attached hydrogens (tertiary/aromatic N) is 1. The van der Waals surface area contributed by atoms with E-state index in [1.165, 1.54) is 0 Å². The maximum Gasteiger partial charge on any atom is 0.309 e. The number of carbonyl (C=O) groups is 1. The first-order valence-corrected chi connectivity index (χ1v) is 4.53. The van der Waals surface area contributed by atoms with Gasteiger partial charge in [-0.2, -0.15) is 0 Å². The van der Waals surface area contributed by atoms with Gasteiger partial charge in [0, 0.05) is 0 Å². The Morgan fingerprint density at radius 3 is 2.33 bits per heavy atom. The van der Waals surface area contributed by atoms with Gasteiger partial charge in [-0.1, -0.05) is 6.92 Å². The van der Waals surface area contributed by atoms with Gasteiger partial charge in [-0.25, -0.2) is 0 Å². The summed E-state index contributed by atoms with van der Waals surface area (Å²) in [6.07, 6.45) is 2.36. The van der Waals surface area contributed by atoms with Crippen LogP contribution in [0.15, 0.2) is 0 Å². The first-order valence-electron chi connectivity index (χ1n) is 4.53. The van der Waals surface area contributed by atoms with Gasteiger partial charge >= 0.3 is 5.97 Å². The number of aliphatic carboxylic acids is 1. The fraction of sp³-hybridized carbons (Fsp3) is 0.889. The monoisotopic (exact) mass is 171 g/mol. The molecule has 1 aliphatic rings. The van der Waals surface area contributed by atoms with E-state index in [0.717, 1.165) is 32.4 Å². The van der Waals surface area contributed by atoms with Crippen molar-refractivity contribution in [3.05, 3.63) is 0 Å². The molecule has 3 heteroatoms. The van der Waals surface area contributed by atoms with Crippen molar-refractivity contribution in [2.24, 2.45) is 5.41 Å². The molecule has 1 N–H and O–H groups in total. The molecule has 0 aliphatic carbocycles. The molecule has 12 heavy (non-hydrogen) atoms. The van der Waals surface area contributed by atoms with Crippen LogP contribution in [-0.4, -0.2) is 36.1 Å². The minimum Gasteiger partial charge on any atom is -0.481 e. The molecule has 0 radical (unpaired) electrons. The van der Waals surface area contributed by atoms with Gasteiger partial charge in [0.2, 0.25) is 0 Å². The third-order valence-electron chi connectivity index (χ3n) is 3.07. The second-order valence-electron chi connectivity index (χ2n) is 3.74. The zero-order valence-electron chi connectivity index (χ0n) is 7.84. The summed E-state index contributed by atoms with van der Waals surface area (Å²) in [6, 6.07) is 0. The van der Waals surface area contributed by atoms with Crippen molar-refractivity contribution in [3.63, 3.8) is 0 Å². The maximum atomic E-state index is 11.0. The van der Waals surface area contributed by atoms with Gasteiger partial charge in [-0.3, -0.25) is 4.79 Å². The molecule has 1 rings (SSSR count). The number of hydrogen-bond acceptors (Lipinski definition) is 2. The average Bonchev–Trinajstić information content (AvgIpc) is 2.06. The van der Waals surface area contributed by atoms with E-state index in [9.17, 15) is 4.79 Å². The summed E-state index contributed by atoms with van der Waals surface area (Å²) < 4.78 is 0. The van der Waals surface area contributed by atoms with Crippen LogP contribution in [0.4, 0.5) is 0 Å². The Kier molecular flexibility index (Phi) is 2.73. The van der Waals surface area contributed by atoms with Crippen LogP contribution >= 0.6 is 0 Å². The van der Waals surface area contributed by atoms with Crippen molar-refractivity contribution >= 4 is 5.97 Å². The summed E-state index contributed by atoms with van der Waals surface area (Å²) in [6.45, 7) is 3.81. The van der Waals surface area contributed by atoms with Crippen molar-refractivity contribution < 1.29 is 9.90 Å². The van der Waals surface area contributed by atoms with E-state index in [1.807, 2.05) is 14.0 Å². The minimum atomic E-state index is -0.613. The van der Waals surface area contributed by atoms with E-state index < -0.39 is 11.4 Å². The molecule has 0 aromatic rings. The van der Waals surface area contributed by atoms with E-state index in [2.05, 4.69) is 4.90 Å². The number of carboxylic acids is 1. The van der Waals surface area contributed by atoms with Crippen LogP contribution in [0.25, 0.3) is 0 Å². The molecule has 0 unspecified atom stereocenters. The lowest BCUT2D eigenvalue weighted by molar-refractivity contribution is -0.152. The molecule has 1 heterocycles. The fourth-order valence-electron chi connectivity index (χ4n) is 1.77. The van der Waals surface area contributed by atoms with E-state index >= 15 is 0 Å². The van der Waals surface area contributed by atoms with Gasteiger partial charge in [0.05, 0.1) is 5.41 Å².